The first-order valence-corrected chi connectivity index (χ1v) is 7.43. The molecule has 1 atom stereocenters. The second kappa shape index (κ2) is 4.57. The van der Waals surface area contributed by atoms with Crippen LogP contribution >= 0.6 is 11.8 Å². The maximum atomic E-state index is 12.1. The van der Waals surface area contributed by atoms with Crippen LogP contribution in [0.4, 0.5) is 4.79 Å². The summed E-state index contributed by atoms with van der Waals surface area (Å²) in [5.74, 6) is 0.567. The predicted molar refractivity (Wildman–Crippen MR) is 67.0 cm³/mol. The number of nitrogens with zero attached hydrogens (tertiary/aromatic N) is 2. The van der Waals surface area contributed by atoms with E-state index in [2.05, 4.69) is 0 Å². The van der Waals surface area contributed by atoms with Crippen LogP contribution in [0.15, 0.2) is 0 Å². The molecule has 3 rings (SSSR count). The lowest BCUT2D eigenvalue weighted by Gasteiger charge is -2.29. The van der Waals surface area contributed by atoms with Crippen LogP contribution in [0, 0.1) is 5.92 Å². The van der Waals surface area contributed by atoms with Gasteiger partial charge in [0.1, 0.15) is 0 Å². The van der Waals surface area contributed by atoms with Crippen molar-refractivity contribution in [1.82, 2.24) is 9.80 Å². The Balaban J connectivity index is 1.62. The van der Waals surface area contributed by atoms with E-state index in [0.29, 0.717) is 13.1 Å². The first-order valence-electron chi connectivity index (χ1n) is 6.44. The van der Waals surface area contributed by atoms with Crippen molar-refractivity contribution in [2.24, 2.45) is 5.92 Å². The number of hydrogen-bond donors (Lipinski definition) is 0. The molecule has 18 heavy (non-hydrogen) atoms. The normalized spacial score (nSPS) is 29.0. The van der Waals surface area contributed by atoms with Crippen molar-refractivity contribution >= 4 is 28.8 Å². The Hall–Kier alpha value is -1.04. The van der Waals surface area contributed by atoms with Gasteiger partial charge in [0, 0.05) is 19.0 Å². The molecule has 6 heteroatoms. The van der Waals surface area contributed by atoms with Gasteiger partial charge in [-0.3, -0.25) is 19.3 Å². The number of rotatable bonds is 2. The topological polar surface area (TPSA) is 57.7 Å². The van der Waals surface area contributed by atoms with Crippen LogP contribution in [0.3, 0.4) is 0 Å². The summed E-state index contributed by atoms with van der Waals surface area (Å²) in [5.41, 5.74) is 0. The van der Waals surface area contributed by atoms with Crippen LogP contribution in [0.1, 0.15) is 25.7 Å². The van der Waals surface area contributed by atoms with Crippen LogP contribution < -0.4 is 0 Å². The quantitative estimate of drug-likeness (QED) is 0.752. The van der Waals surface area contributed by atoms with Gasteiger partial charge in [-0.2, -0.15) is 0 Å². The molecule has 0 aromatic heterocycles. The van der Waals surface area contributed by atoms with Crippen molar-refractivity contribution in [2.75, 3.05) is 18.8 Å². The summed E-state index contributed by atoms with van der Waals surface area (Å²) in [4.78, 5) is 38.5. The summed E-state index contributed by atoms with van der Waals surface area (Å²) in [6.07, 6.45) is 3.87. The number of thioether (sulfide) groups is 1. The molecular weight excluding hydrogens is 252 g/mol. The number of imide groups is 1. The maximum absolute atomic E-state index is 12.1. The van der Waals surface area contributed by atoms with E-state index >= 15 is 0 Å². The lowest BCUT2D eigenvalue weighted by molar-refractivity contribution is -0.137. The zero-order valence-corrected chi connectivity index (χ0v) is 10.9. The van der Waals surface area contributed by atoms with E-state index in [1.165, 1.54) is 4.90 Å². The monoisotopic (exact) mass is 268 g/mol. The van der Waals surface area contributed by atoms with Gasteiger partial charge in [-0.05, 0) is 19.3 Å². The van der Waals surface area contributed by atoms with E-state index in [0.717, 1.165) is 37.4 Å². The molecule has 0 aromatic rings. The minimum absolute atomic E-state index is 0.0935. The summed E-state index contributed by atoms with van der Waals surface area (Å²) < 4.78 is 0. The van der Waals surface area contributed by atoms with Crippen LogP contribution in [0.5, 0.6) is 0 Å². The average Bonchev–Trinajstić information content (AvgIpc) is 2.83. The van der Waals surface area contributed by atoms with Gasteiger partial charge >= 0.3 is 0 Å². The highest BCUT2D eigenvalue weighted by atomic mass is 32.2. The van der Waals surface area contributed by atoms with Crippen LogP contribution in [-0.4, -0.2) is 51.7 Å². The highest BCUT2D eigenvalue weighted by molar-refractivity contribution is 8.14. The molecule has 0 radical (unpaired) electrons. The average molecular weight is 268 g/mol. The molecular formula is C12H16N2O3S. The molecule has 2 aliphatic heterocycles. The molecule has 1 aliphatic carbocycles. The van der Waals surface area contributed by atoms with Crippen molar-refractivity contribution in [3.63, 3.8) is 0 Å². The Morgan fingerprint density at radius 3 is 2.56 bits per heavy atom. The molecule has 1 unspecified atom stereocenters. The minimum Gasteiger partial charge on any atom is -0.340 e. The fourth-order valence-corrected chi connectivity index (χ4v) is 3.56. The summed E-state index contributed by atoms with van der Waals surface area (Å²) in [7, 11) is 0. The first-order chi connectivity index (χ1) is 8.66. The van der Waals surface area contributed by atoms with Crippen molar-refractivity contribution in [2.45, 2.75) is 31.7 Å². The summed E-state index contributed by atoms with van der Waals surface area (Å²) >= 11 is 1.07. The van der Waals surface area contributed by atoms with E-state index in [1.807, 2.05) is 4.90 Å². The first kappa shape index (κ1) is 12.0. The second-order valence-electron chi connectivity index (χ2n) is 5.17. The molecule has 0 spiro atoms. The molecule has 3 amide bonds. The molecule has 3 aliphatic rings. The number of hydrogen-bond acceptors (Lipinski definition) is 4. The third kappa shape index (κ3) is 1.92. The molecule has 98 valence electrons. The molecule has 3 fully saturated rings. The van der Waals surface area contributed by atoms with Crippen LogP contribution in [0.2, 0.25) is 0 Å². The van der Waals surface area contributed by atoms with E-state index < -0.39 is 0 Å². The van der Waals surface area contributed by atoms with Crippen LogP contribution in [-0.2, 0) is 9.59 Å². The fraction of sp³-hybridized carbons (Fsp3) is 0.750. The summed E-state index contributed by atoms with van der Waals surface area (Å²) in [6.45, 7) is 1.22. The highest BCUT2D eigenvalue weighted by Crippen LogP contribution is 2.31. The van der Waals surface area contributed by atoms with E-state index in [-0.39, 0.29) is 34.8 Å². The van der Waals surface area contributed by atoms with Crippen molar-refractivity contribution in [3.05, 3.63) is 0 Å². The van der Waals surface area contributed by atoms with E-state index in [1.54, 1.807) is 0 Å². The SMILES string of the molecule is O=C(C1CCC1)N1CCC(N2C(=O)CSC2=O)C1. The number of likely N-dealkylation sites (tertiary alicyclic amines) is 1. The van der Waals surface area contributed by atoms with Crippen molar-refractivity contribution < 1.29 is 14.4 Å². The second-order valence-corrected chi connectivity index (χ2v) is 6.10. The molecule has 2 heterocycles. The van der Waals surface area contributed by atoms with Crippen molar-refractivity contribution in [3.8, 4) is 0 Å². The van der Waals surface area contributed by atoms with Gasteiger partial charge in [0.15, 0.2) is 0 Å². The fourth-order valence-electron chi connectivity index (χ4n) is 2.78. The van der Waals surface area contributed by atoms with Gasteiger partial charge in [-0.25, -0.2) is 0 Å². The smallest absolute Gasteiger partial charge is 0.289 e. The third-order valence-corrected chi connectivity index (χ3v) is 4.91. The van der Waals surface area contributed by atoms with Gasteiger partial charge < -0.3 is 4.90 Å². The Labute approximate surface area is 110 Å². The maximum Gasteiger partial charge on any atom is 0.289 e. The van der Waals surface area contributed by atoms with Gasteiger partial charge in [-0.15, -0.1) is 0 Å². The molecule has 1 saturated carbocycles. The third-order valence-electron chi connectivity index (χ3n) is 4.08. The largest absolute Gasteiger partial charge is 0.340 e. The lowest BCUT2D eigenvalue weighted by atomic mass is 9.84. The molecule has 0 aromatic carbocycles. The summed E-state index contributed by atoms with van der Waals surface area (Å²) in [6, 6.07) is -0.0935. The number of carbonyl (C=O) groups is 3. The summed E-state index contributed by atoms with van der Waals surface area (Å²) in [5, 5.41) is -0.150. The Morgan fingerprint density at radius 2 is 2.00 bits per heavy atom. The predicted octanol–water partition coefficient (Wildman–Crippen LogP) is 1.08. The van der Waals surface area contributed by atoms with Crippen LogP contribution in [0.25, 0.3) is 0 Å². The number of carbonyl (C=O) groups excluding carboxylic acids is 3. The van der Waals surface area contributed by atoms with Gasteiger partial charge in [-0.1, -0.05) is 18.2 Å². The Kier molecular flexibility index (Phi) is 3.05. The zero-order valence-electron chi connectivity index (χ0n) is 10.1. The zero-order chi connectivity index (χ0) is 12.7. The van der Waals surface area contributed by atoms with Gasteiger partial charge in [0.25, 0.3) is 5.24 Å². The molecule has 0 N–H and O–H groups in total. The highest BCUT2D eigenvalue weighted by Gasteiger charge is 2.41. The van der Waals surface area contributed by atoms with E-state index in [4.69, 9.17) is 0 Å². The van der Waals surface area contributed by atoms with Gasteiger partial charge in [0.2, 0.25) is 11.8 Å². The molecule has 0 bridgehead atoms. The minimum atomic E-state index is -0.150. The van der Waals surface area contributed by atoms with E-state index in [9.17, 15) is 14.4 Å². The lowest BCUT2D eigenvalue weighted by Crippen LogP contribution is -2.43. The molecule has 2 saturated heterocycles. The Morgan fingerprint density at radius 1 is 1.22 bits per heavy atom. The van der Waals surface area contributed by atoms with Crippen molar-refractivity contribution in [1.29, 1.82) is 0 Å². The Bertz CT molecular complexity index is 392. The number of amides is 3. The molecule has 5 nitrogen and oxygen atoms in total. The van der Waals surface area contributed by atoms with Gasteiger partial charge in [0.05, 0.1) is 11.8 Å². The standard InChI is InChI=1S/C12H16N2O3S/c15-10-7-18-12(17)14(10)9-4-5-13(6-9)11(16)8-2-1-3-8/h8-9H,1-7H2.